The third kappa shape index (κ3) is 3.84. The van der Waals surface area contributed by atoms with Crippen molar-refractivity contribution in [2.24, 2.45) is 5.41 Å². The average Bonchev–Trinajstić information content (AvgIpc) is 3.23. The molecule has 0 radical (unpaired) electrons. The summed E-state index contributed by atoms with van der Waals surface area (Å²) < 4.78 is 25.4. The quantitative estimate of drug-likeness (QED) is 0.538. The third-order valence-corrected chi connectivity index (χ3v) is 6.37. The molecular formula is C22H30N2O8. The first kappa shape index (κ1) is 22.9. The Morgan fingerprint density at radius 3 is 2.53 bits per heavy atom. The highest BCUT2D eigenvalue weighted by Crippen LogP contribution is 2.51. The predicted molar refractivity (Wildman–Crippen MR) is 111 cm³/mol. The number of hydrogen-bond acceptors (Lipinski definition) is 8. The van der Waals surface area contributed by atoms with Crippen LogP contribution in [0.2, 0.25) is 0 Å². The van der Waals surface area contributed by atoms with Gasteiger partial charge in [0.25, 0.3) is 5.56 Å². The maximum Gasteiger partial charge on any atom is 0.330 e. The summed E-state index contributed by atoms with van der Waals surface area (Å²) in [6, 6.07) is 0. The highest BCUT2D eigenvalue weighted by Gasteiger charge is 2.66. The Morgan fingerprint density at radius 2 is 1.91 bits per heavy atom. The smallest absolute Gasteiger partial charge is 0.330 e. The van der Waals surface area contributed by atoms with E-state index in [0.29, 0.717) is 24.7 Å². The topological polar surface area (TPSA) is 126 Å². The highest BCUT2D eigenvalue weighted by atomic mass is 16.8. The van der Waals surface area contributed by atoms with Crippen LogP contribution in [-0.4, -0.2) is 52.0 Å². The zero-order valence-electron chi connectivity index (χ0n) is 18.8. The van der Waals surface area contributed by atoms with Crippen LogP contribution in [0.1, 0.15) is 64.7 Å². The molecule has 2 saturated heterocycles. The van der Waals surface area contributed by atoms with E-state index in [2.05, 4.69) is 4.98 Å². The number of aromatic nitrogens is 2. The molecule has 3 fully saturated rings. The van der Waals surface area contributed by atoms with E-state index >= 15 is 0 Å². The molecule has 1 unspecified atom stereocenters. The second-order valence-corrected chi connectivity index (χ2v) is 9.98. The fourth-order valence-electron chi connectivity index (χ4n) is 4.54. The van der Waals surface area contributed by atoms with E-state index in [-0.39, 0.29) is 6.61 Å². The van der Waals surface area contributed by atoms with E-state index in [1.807, 2.05) is 0 Å². The van der Waals surface area contributed by atoms with E-state index in [1.165, 1.54) is 10.8 Å². The molecule has 4 atom stereocenters. The van der Waals surface area contributed by atoms with Crippen LogP contribution < -0.4 is 11.2 Å². The molecule has 3 heterocycles. The first-order valence-electron chi connectivity index (χ1n) is 11.0. The molecule has 3 aliphatic rings. The Bertz CT molecular complexity index is 1020. The Kier molecular flexibility index (Phi) is 5.67. The Hall–Kier alpha value is -2.30. The van der Waals surface area contributed by atoms with Crippen LogP contribution in [-0.2, 0) is 28.5 Å². The van der Waals surface area contributed by atoms with Crippen molar-refractivity contribution in [1.29, 1.82) is 0 Å². The summed E-state index contributed by atoms with van der Waals surface area (Å²) in [6.07, 6.45) is 3.42. The molecule has 1 spiro atoms. The molecule has 0 amide bonds. The first-order chi connectivity index (χ1) is 15.0. The van der Waals surface area contributed by atoms with Gasteiger partial charge in [-0.2, -0.15) is 0 Å². The average molecular weight is 450 g/mol. The molecule has 32 heavy (non-hydrogen) atoms. The van der Waals surface area contributed by atoms with E-state index in [1.54, 1.807) is 27.7 Å². The maximum atomic E-state index is 12.6. The summed E-state index contributed by atoms with van der Waals surface area (Å²) in [7, 11) is 0. The van der Waals surface area contributed by atoms with Crippen LogP contribution in [0.4, 0.5) is 0 Å². The molecule has 1 aliphatic carbocycles. The molecule has 1 N–H and O–H groups in total. The number of nitrogens with zero attached hydrogens (tertiary/aromatic N) is 1. The third-order valence-electron chi connectivity index (χ3n) is 6.37. The molecule has 10 nitrogen and oxygen atoms in total. The fraction of sp³-hybridized carbons (Fsp3) is 0.727. The molecular weight excluding hydrogens is 420 g/mol. The summed E-state index contributed by atoms with van der Waals surface area (Å²) in [5.41, 5.74) is -3.31. The first-order valence-corrected chi connectivity index (χ1v) is 11.0. The lowest BCUT2D eigenvalue weighted by atomic mass is 9.94. The van der Waals surface area contributed by atoms with E-state index in [0.717, 1.165) is 19.3 Å². The Morgan fingerprint density at radius 1 is 1.22 bits per heavy atom. The number of carbonyl (C=O) groups is 2. The monoisotopic (exact) mass is 450 g/mol. The second-order valence-electron chi connectivity index (χ2n) is 9.98. The van der Waals surface area contributed by atoms with Gasteiger partial charge in [-0.1, -0.05) is 6.42 Å². The van der Waals surface area contributed by atoms with Gasteiger partial charge in [0.1, 0.15) is 18.8 Å². The molecule has 1 saturated carbocycles. The van der Waals surface area contributed by atoms with Crippen LogP contribution in [0.25, 0.3) is 0 Å². The molecule has 1 aromatic heterocycles. The minimum atomic E-state index is -1.65. The van der Waals surface area contributed by atoms with Gasteiger partial charge in [0.15, 0.2) is 23.9 Å². The van der Waals surface area contributed by atoms with Gasteiger partial charge in [0.05, 0.1) is 5.41 Å². The number of hydrogen-bond donors (Lipinski definition) is 1. The Labute approximate surface area is 185 Å². The lowest BCUT2D eigenvalue weighted by Crippen LogP contribution is -2.50. The van der Waals surface area contributed by atoms with Crippen molar-refractivity contribution >= 4 is 12.3 Å². The van der Waals surface area contributed by atoms with Crippen molar-refractivity contribution in [1.82, 2.24) is 9.55 Å². The maximum absolute atomic E-state index is 12.6. The van der Waals surface area contributed by atoms with E-state index < -0.39 is 52.5 Å². The molecule has 2 aliphatic heterocycles. The van der Waals surface area contributed by atoms with Crippen LogP contribution >= 0.6 is 0 Å². The minimum absolute atomic E-state index is 0.304. The fourth-order valence-corrected chi connectivity index (χ4v) is 4.54. The number of aryl methyl sites for hydroxylation is 1. The van der Waals surface area contributed by atoms with Gasteiger partial charge in [-0.05, 0) is 40.5 Å². The van der Waals surface area contributed by atoms with Gasteiger partial charge >= 0.3 is 11.7 Å². The summed E-state index contributed by atoms with van der Waals surface area (Å²) in [5, 5.41) is 0. The lowest BCUT2D eigenvalue weighted by molar-refractivity contribution is -0.248. The zero-order chi connectivity index (χ0) is 23.3. The van der Waals surface area contributed by atoms with Crippen molar-refractivity contribution < 1.29 is 28.5 Å². The van der Waals surface area contributed by atoms with Gasteiger partial charge in [-0.25, -0.2) is 4.79 Å². The molecule has 1 aromatic rings. The van der Waals surface area contributed by atoms with Gasteiger partial charge in [0.2, 0.25) is 0 Å². The van der Waals surface area contributed by atoms with Crippen molar-refractivity contribution in [3.05, 3.63) is 32.6 Å². The number of carbonyl (C=O) groups excluding carboxylic acids is 2. The zero-order valence-corrected chi connectivity index (χ0v) is 18.8. The number of aromatic amines is 1. The molecule has 10 heteroatoms. The number of fused-ring (bicyclic) bond motifs is 1. The van der Waals surface area contributed by atoms with Crippen LogP contribution in [0.5, 0.6) is 0 Å². The Balaban J connectivity index is 1.72. The van der Waals surface area contributed by atoms with Crippen LogP contribution in [0.15, 0.2) is 15.8 Å². The number of ether oxygens (including phenoxy) is 4. The van der Waals surface area contributed by atoms with Crippen LogP contribution in [0, 0.1) is 12.3 Å². The molecule has 0 bridgehead atoms. The molecule has 4 rings (SSSR count). The molecule has 176 valence electrons. The number of rotatable bonds is 4. The van der Waals surface area contributed by atoms with Crippen molar-refractivity contribution in [2.75, 3.05) is 6.61 Å². The summed E-state index contributed by atoms with van der Waals surface area (Å²) in [6.45, 7) is 6.31. The van der Waals surface area contributed by atoms with Gasteiger partial charge in [0, 0.05) is 24.6 Å². The van der Waals surface area contributed by atoms with Crippen molar-refractivity contribution in [3.8, 4) is 0 Å². The van der Waals surface area contributed by atoms with Gasteiger partial charge in [-0.15, -0.1) is 0 Å². The summed E-state index contributed by atoms with van der Waals surface area (Å²) in [4.78, 5) is 51.5. The predicted octanol–water partition coefficient (Wildman–Crippen LogP) is 1.35. The largest absolute Gasteiger partial charge is 0.462 e. The lowest BCUT2D eigenvalue weighted by Gasteiger charge is -2.36. The highest BCUT2D eigenvalue weighted by molar-refractivity contribution is 5.76. The second kappa shape index (κ2) is 7.93. The SMILES string of the molecule is Cc1cn([C@@H]2O[C@](C=O)(COC(=O)C(C)(C)C)C3OC4(CCCCC4)O[C@@H]32)c(=O)[nH]c1=O. The summed E-state index contributed by atoms with van der Waals surface area (Å²) >= 11 is 0. The number of nitrogens with one attached hydrogen (secondary N) is 1. The van der Waals surface area contributed by atoms with Crippen molar-refractivity contribution in [3.63, 3.8) is 0 Å². The van der Waals surface area contributed by atoms with Crippen molar-refractivity contribution in [2.45, 2.75) is 89.6 Å². The van der Waals surface area contributed by atoms with E-state index in [9.17, 15) is 19.2 Å². The van der Waals surface area contributed by atoms with E-state index in [4.69, 9.17) is 18.9 Å². The van der Waals surface area contributed by atoms with Gasteiger partial charge in [-0.3, -0.25) is 23.9 Å². The molecule has 0 aromatic carbocycles. The summed E-state index contributed by atoms with van der Waals surface area (Å²) in [5.74, 6) is -1.37. The normalized spacial score (nSPS) is 31.4. The van der Waals surface area contributed by atoms with Crippen LogP contribution in [0.3, 0.4) is 0 Å². The standard InChI is InChI=1S/C22H30N2O8/c1-13-10-24(19(28)23-16(13)26)17-14-15(31-22(30-14)8-6-5-7-9-22)21(11-25,32-17)12-29-18(27)20(2,3)4/h10-11,14-15,17H,5-9,12H2,1-4H3,(H,23,26,28)/t14-,15?,17+,21+/m0/s1. The number of aldehydes is 1. The van der Waals surface area contributed by atoms with Gasteiger partial charge < -0.3 is 18.9 Å². The number of esters is 1. The number of H-pyrrole nitrogens is 1. The minimum Gasteiger partial charge on any atom is -0.462 e.